The maximum absolute atomic E-state index is 13.9. The van der Waals surface area contributed by atoms with Gasteiger partial charge in [-0.2, -0.15) is 0 Å². The quantitative estimate of drug-likeness (QED) is 0.321. The van der Waals surface area contributed by atoms with Gasteiger partial charge in [-0.05, 0) is 105 Å². The van der Waals surface area contributed by atoms with Crippen LogP contribution in [-0.2, 0) is 22.4 Å². The van der Waals surface area contributed by atoms with E-state index in [2.05, 4.69) is 37.2 Å². The molecule has 2 aliphatic rings. The van der Waals surface area contributed by atoms with Crippen LogP contribution >= 0.6 is 31.9 Å². The van der Waals surface area contributed by atoms with Crippen LogP contribution in [0.25, 0.3) is 0 Å². The fraction of sp³-hybridized carbons (Fsp3) is 0.290. The van der Waals surface area contributed by atoms with Gasteiger partial charge >= 0.3 is 6.03 Å². The summed E-state index contributed by atoms with van der Waals surface area (Å²) in [5.74, 6) is -0.955. The molecule has 2 aliphatic heterocycles. The molecular weight excluding hydrogens is 687 g/mol. The number of carbonyl (C=O) groups excluding carboxylic acids is 4. The number of hydrogen-bond donors (Lipinski definition) is 2. The second-order valence-corrected chi connectivity index (χ2v) is 12.3. The number of Topliss-reactive ketones (excluding diaryl/α,β-unsaturated/α-hetero) is 1. The molecule has 43 heavy (non-hydrogen) atoms. The number of amides is 4. The smallest absolute Gasteiger partial charge is 0.323 e. The van der Waals surface area contributed by atoms with Crippen molar-refractivity contribution in [3.8, 4) is 5.75 Å². The number of nitrogens with zero attached hydrogens (tertiary/aromatic N) is 3. The van der Waals surface area contributed by atoms with E-state index in [1.807, 2.05) is 0 Å². The molecule has 0 bridgehead atoms. The van der Waals surface area contributed by atoms with E-state index in [9.17, 15) is 28.7 Å². The third kappa shape index (κ3) is 6.75. The van der Waals surface area contributed by atoms with Crippen molar-refractivity contribution in [1.82, 2.24) is 14.7 Å². The van der Waals surface area contributed by atoms with Crippen LogP contribution in [0.5, 0.6) is 5.75 Å². The molecular formula is C31H29Br2FN4O5. The number of fused-ring (bicyclic) bond motifs is 1. The molecule has 0 saturated carbocycles. The van der Waals surface area contributed by atoms with E-state index in [0.29, 0.717) is 32.2 Å². The van der Waals surface area contributed by atoms with Crippen LogP contribution in [0.2, 0.25) is 0 Å². The Morgan fingerprint density at radius 2 is 1.72 bits per heavy atom. The summed E-state index contributed by atoms with van der Waals surface area (Å²) in [5.41, 5.74) is 2.42. The highest BCUT2D eigenvalue weighted by atomic mass is 79.9. The summed E-state index contributed by atoms with van der Waals surface area (Å²) in [6.07, 6.45) is -0.154. The van der Waals surface area contributed by atoms with E-state index in [1.165, 1.54) is 24.0 Å². The largest absolute Gasteiger partial charge is 0.506 e. The van der Waals surface area contributed by atoms with Crippen molar-refractivity contribution in [2.24, 2.45) is 0 Å². The maximum atomic E-state index is 13.9. The minimum absolute atomic E-state index is 0.0153. The lowest BCUT2D eigenvalue weighted by molar-refractivity contribution is -0.166. The Labute approximate surface area is 264 Å². The zero-order valence-electron chi connectivity index (χ0n) is 23.2. The number of phenols is 1. The number of carbonyl (C=O) groups is 4. The van der Waals surface area contributed by atoms with Crippen LogP contribution in [0.1, 0.15) is 34.8 Å². The van der Waals surface area contributed by atoms with Gasteiger partial charge in [0.15, 0.2) is 5.78 Å². The molecule has 0 spiro atoms. The molecule has 0 unspecified atom stereocenters. The number of piperazine rings is 1. The Morgan fingerprint density at radius 1 is 1.02 bits per heavy atom. The number of anilines is 1. The Kier molecular flexibility index (Phi) is 9.16. The van der Waals surface area contributed by atoms with Crippen molar-refractivity contribution in [3.05, 3.63) is 92.1 Å². The minimum Gasteiger partial charge on any atom is -0.506 e. The van der Waals surface area contributed by atoms with Crippen LogP contribution in [0.15, 0.2) is 69.6 Å². The number of phenolic OH excluding ortho intramolecular Hbond substituents is 1. The normalized spacial score (nSPS) is 18.5. The summed E-state index contributed by atoms with van der Waals surface area (Å²) in [4.78, 5) is 57.2. The SMILES string of the molecule is CC(=O)c1ccc(NC(=O)N2CCC(=O)N3[C@@H]2CN(CCc2cccc(F)c2)C(=O)[C@@H]3Cc2cc(Br)c(O)c(Br)c2)cc1. The maximum Gasteiger partial charge on any atom is 0.323 e. The number of ketones is 1. The van der Waals surface area contributed by atoms with Crippen molar-refractivity contribution in [3.63, 3.8) is 0 Å². The lowest BCUT2D eigenvalue weighted by Gasteiger charge is -2.52. The van der Waals surface area contributed by atoms with Crippen LogP contribution < -0.4 is 5.32 Å². The van der Waals surface area contributed by atoms with Crippen molar-refractivity contribution in [1.29, 1.82) is 0 Å². The molecule has 2 fully saturated rings. The summed E-state index contributed by atoms with van der Waals surface area (Å²) in [5, 5.41) is 13.0. The minimum atomic E-state index is -0.910. The summed E-state index contributed by atoms with van der Waals surface area (Å²) >= 11 is 6.66. The summed E-state index contributed by atoms with van der Waals surface area (Å²) in [7, 11) is 0. The molecule has 3 aromatic carbocycles. The zero-order chi connectivity index (χ0) is 30.8. The number of nitrogens with one attached hydrogen (secondary N) is 1. The first-order chi connectivity index (χ1) is 20.5. The number of urea groups is 1. The number of aromatic hydroxyl groups is 1. The lowest BCUT2D eigenvalue weighted by Crippen LogP contribution is -2.72. The molecule has 0 aromatic heterocycles. The fourth-order valence-electron chi connectivity index (χ4n) is 5.52. The van der Waals surface area contributed by atoms with Crippen LogP contribution in [0, 0.1) is 5.82 Å². The number of halogens is 3. The van der Waals surface area contributed by atoms with Crippen LogP contribution in [0.4, 0.5) is 14.9 Å². The first kappa shape index (κ1) is 30.7. The third-order valence-electron chi connectivity index (χ3n) is 7.72. The molecule has 4 amide bonds. The Bertz CT molecular complexity index is 1560. The molecule has 224 valence electrons. The van der Waals surface area contributed by atoms with Gasteiger partial charge in [0.1, 0.15) is 23.8 Å². The molecule has 2 atom stereocenters. The summed E-state index contributed by atoms with van der Waals surface area (Å²) in [6, 6.07) is 14.7. The van der Waals surface area contributed by atoms with Gasteiger partial charge < -0.3 is 25.1 Å². The van der Waals surface area contributed by atoms with Gasteiger partial charge in [-0.15, -0.1) is 0 Å². The number of hydrogen-bond acceptors (Lipinski definition) is 5. The van der Waals surface area contributed by atoms with Crippen molar-refractivity contribution >= 4 is 61.2 Å². The van der Waals surface area contributed by atoms with Crippen LogP contribution in [-0.4, -0.2) is 75.3 Å². The van der Waals surface area contributed by atoms with Gasteiger partial charge in [0.2, 0.25) is 11.8 Å². The Balaban J connectivity index is 1.44. The monoisotopic (exact) mass is 714 g/mol. The first-order valence-corrected chi connectivity index (χ1v) is 15.3. The highest BCUT2D eigenvalue weighted by Crippen LogP contribution is 2.35. The number of rotatable bonds is 7. The van der Waals surface area contributed by atoms with E-state index in [4.69, 9.17) is 0 Å². The van der Waals surface area contributed by atoms with Gasteiger partial charge in [0.25, 0.3) is 0 Å². The Hall–Kier alpha value is -3.77. The molecule has 12 heteroatoms. The van der Waals surface area contributed by atoms with Crippen molar-refractivity contribution in [2.45, 2.75) is 38.4 Å². The Morgan fingerprint density at radius 3 is 2.37 bits per heavy atom. The highest BCUT2D eigenvalue weighted by molar-refractivity contribution is 9.11. The molecule has 2 saturated heterocycles. The van der Waals surface area contributed by atoms with Gasteiger partial charge in [0.05, 0.1) is 15.5 Å². The average Bonchev–Trinajstić information content (AvgIpc) is 2.96. The van der Waals surface area contributed by atoms with Gasteiger partial charge in [-0.1, -0.05) is 12.1 Å². The predicted molar refractivity (Wildman–Crippen MR) is 165 cm³/mol. The summed E-state index contributed by atoms with van der Waals surface area (Å²) < 4.78 is 14.7. The average molecular weight is 716 g/mol. The van der Waals surface area contributed by atoms with E-state index in [-0.39, 0.29) is 61.6 Å². The van der Waals surface area contributed by atoms with Crippen molar-refractivity contribution < 1.29 is 28.7 Å². The molecule has 9 nitrogen and oxygen atoms in total. The highest BCUT2D eigenvalue weighted by Gasteiger charge is 2.48. The molecule has 0 radical (unpaired) electrons. The van der Waals surface area contributed by atoms with E-state index in [0.717, 1.165) is 5.56 Å². The van der Waals surface area contributed by atoms with Gasteiger partial charge in [0, 0.05) is 37.2 Å². The molecule has 3 aromatic rings. The van der Waals surface area contributed by atoms with Crippen molar-refractivity contribution in [2.75, 3.05) is 25.0 Å². The second kappa shape index (κ2) is 12.8. The molecule has 0 aliphatic carbocycles. The van der Waals surface area contributed by atoms with Gasteiger partial charge in [-0.25, -0.2) is 9.18 Å². The predicted octanol–water partition coefficient (Wildman–Crippen LogP) is 5.35. The fourth-order valence-corrected chi connectivity index (χ4v) is 6.80. The third-order valence-corrected chi connectivity index (χ3v) is 8.93. The number of benzene rings is 3. The molecule has 2 N–H and O–H groups in total. The van der Waals surface area contributed by atoms with E-state index < -0.39 is 18.2 Å². The zero-order valence-corrected chi connectivity index (χ0v) is 26.4. The molecule has 2 heterocycles. The standard InChI is InChI=1S/C31H29Br2FN4O5/c1-18(39)21-5-7-23(8-6-21)35-31(43)37-12-10-28(40)38-26(16-20-14-24(32)29(41)25(33)15-20)30(42)36(17-27(37)38)11-9-19-3-2-4-22(34)13-19/h2-8,13-15,26-27,41H,9-12,16-17H2,1H3,(H,35,43)/t26-,27+/m0/s1. The second-order valence-electron chi connectivity index (χ2n) is 10.6. The van der Waals surface area contributed by atoms with Crippen LogP contribution in [0.3, 0.4) is 0 Å². The first-order valence-electron chi connectivity index (χ1n) is 13.7. The summed E-state index contributed by atoms with van der Waals surface area (Å²) in [6.45, 7) is 1.98. The topological polar surface area (TPSA) is 110 Å². The van der Waals surface area contributed by atoms with Gasteiger partial charge in [-0.3, -0.25) is 14.4 Å². The van der Waals surface area contributed by atoms with E-state index in [1.54, 1.807) is 58.3 Å². The lowest BCUT2D eigenvalue weighted by atomic mass is 9.97. The molecule has 5 rings (SSSR count). The van der Waals surface area contributed by atoms with E-state index >= 15 is 0 Å².